The van der Waals surface area contributed by atoms with Crippen molar-refractivity contribution in [3.63, 3.8) is 0 Å². The number of esters is 1. The van der Waals surface area contributed by atoms with Crippen molar-refractivity contribution >= 4 is 17.3 Å². The highest BCUT2D eigenvalue weighted by atomic mass is 16.5. The Bertz CT molecular complexity index is 470. The Morgan fingerprint density at radius 2 is 2.05 bits per heavy atom. The topological polar surface area (TPSA) is 70.8 Å². The smallest absolute Gasteiger partial charge is 0.340 e. The minimum Gasteiger partial charge on any atom is -0.462 e. The van der Waals surface area contributed by atoms with Crippen LogP contribution in [0.5, 0.6) is 0 Å². The van der Waals surface area contributed by atoms with Gasteiger partial charge < -0.3 is 20.8 Å². The molecule has 0 unspecified atom stereocenters. The molecule has 0 aliphatic carbocycles. The first-order chi connectivity index (χ1) is 9.61. The number of piperazine rings is 1. The number of hydrogen-bond donors (Lipinski definition) is 2. The highest BCUT2D eigenvalue weighted by Gasteiger charge is 2.17. The zero-order valence-electron chi connectivity index (χ0n) is 12.1. The lowest BCUT2D eigenvalue weighted by Gasteiger charge is -2.33. The number of carbonyl (C=O) groups excluding carboxylic acids is 1. The van der Waals surface area contributed by atoms with Gasteiger partial charge in [0.2, 0.25) is 0 Å². The van der Waals surface area contributed by atoms with Crippen LogP contribution in [0.25, 0.3) is 0 Å². The van der Waals surface area contributed by atoms with Crippen LogP contribution >= 0.6 is 0 Å². The molecule has 0 atom stereocenters. The van der Waals surface area contributed by atoms with Gasteiger partial charge in [0.05, 0.1) is 23.5 Å². The van der Waals surface area contributed by atoms with E-state index in [1.807, 2.05) is 6.07 Å². The Morgan fingerprint density at radius 3 is 2.70 bits per heavy atom. The van der Waals surface area contributed by atoms with E-state index in [-0.39, 0.29) is 5.97 Å². The van der Waals surface area contributed by atoms with E-state index >= 15 is 0 Å². The fraction of sp³-hybridized carbons (Fsp3) is 0.500. The molecule has 0 amide bonds. The highest BCUT2D eigenvalue weighted by molar-refractivity contribution is 5.98. The molecule has 1 aromatic rings. The Kier molecular flexibility index (Phi) is 4.81. The largest absolute Gasteiger partial charge is 0.462 e. The maximum absolute atomic E-state index is 11.8. The molecule has 0 saturated carbocycles. The lowest BCUT2D eigenvalue weighted by molar-refractivity contribution is 0.0527. The minimum atomic E-state index is -0.382. The quantitative estimate of drug-likeness (QED) is 0.633. The molecule has 1 heterocycles. The van der Waals surface area contributed by atoms with E-state index < -0.39 is 0 Å². The molecule has 20 heavy (non-hydrogen) atoms. The van der Waals surface area contributed by atoms with Gasteiger partial charge in [0.15, 0.2) is 0 Å². The Balaban J connectivity index is 2.08. The van der Waals surface area contributed by atoms with Crippen molar-refractivity contribution in [1.29, 1.82) is 0 Å². The summed E-state index contributed by atoms with van der Waals surface area (Å²) in [6, 6.07) is 5.36. The van der Waals surface area contributed by atoms with E-state index in [0.717, 1.165) is 31.9 Å². The van der Waals surface area contributed by atoms with Crippen LogP contribution in [-0.4, -0.2) is 55.7 Å². The first-order valence-electron chi connectivity index (χ1n) is 6.87. The number of anilines is 2. The maximum atomic E-state index is 11.8. The summed E-state index contributed by atoms with van der Waals surface area (Å²) in [5, 5.41) is 2.11. The second kappa shape index (κ2) is 6.58. The number of carbonyl (C=O) groups is 1. The number of nitrogens with two attached hydrogens (primary N) is 1. The van der Waals surface area contributed by atoms with Crippen molar-refractivity contribution in [1.82, 2.24) is 9.91 Å². The van der Waals surface area contributed by atoms with Crippen LogP contribution in [-0.2, 0) is 4.74 Å². The third kappa shape index (κ3) is 3.40. The summed E-state index contributed by atoms with van der Waals surface area (Å²) in [4.78, 5) is 14.1. The third-order valence-corrected chi connectivity index (χ3v) is 3.38. The van der Waals surface area contributed by atoms with E-state index in [1.54, 1.807) is 19.1 Å². The molecule has 1 saturated heterocycles. The number of hydrogen-bond acceptors (Lipinski definition) is 6. The number of hydrazine groups is 1. The van der Waals surface area contributed by atoms with Gasteiger partial charge >= 0.3 is 5.97 Å². The minimum absolute atomic E-state index is 0.342. The fourth-order valence-electron chi connectivity index (χ4n) is 2.14. The van der Waals surface area contributed by atoms with Gasteiger partial charge in [-0.3, -0.25) is 0 Å². The standard InChI is InChI=1S/C14H22N4O2/c1-3-20-14(19)11-5-4-6-12(13(11)15)16-18-9-7-17(2)8-10-18/h4-6,16H,3,7-10,15H2,1-2H3. The monoisotopic (exact) mass is 278 g/mol. The summed E-state index contributed by atoms with van der Waals surface area (Å²) < 4.78 is 5.00. The number of nitrogens with one attached hydrogen (secondary N) is 1. The number of nitrogen functional groups attached to an aromatic ring is 1. The summed E-state index contributed by atoms with van der Waals surface area (Å²) in [6.07, 6.45) is 0. The molecule has 2 rings (SSSR count). The lowest BCUT2D eigenvalue weighted by atomic mass is 10.1. The van der Waals surface area contributed by atoms with Gasteiger partial charge in [0.25, 0.3) is 0 Å². The van der Waals surface area contributed by atoms with Crippen LogP contribution < -0.4 is 11.2 Å². The average molecular weight is 278 g/mol. The molecule has 1 aromatic carbocycles. The summed E-state index contributed by atoms with van der Waals surface area (Å²) in [6.45, 7) is 5.96. The van der Waals surface area contributed by atoms with Gasteiger partial charge in [0, 0.05) is 26.2 Å². The molecule has 0 spiro atoms. The molecular weight excluding hydrogens is 256 g/mol. The summed E-state index contributed by atoms with van der Waals surface area (Å²) >= 11 is 0. The molecule has 3 N–H and O–H groups in total. The van der Waals surface area contributed by atoms with Crippen LogP contribution in [0.3, 0.4) is 0 Å². The van der Waals surface area contributed by atoms with Gasteiger partial charge in [-0.15, -0.1) is 0 Å². The second-order valence-corrected chi connectivity index (χ2v) is 4.89. The number of rotatable bonds is 4. The molecule has 1 aliphatic heterocycles. The highest BCUT2D eigenvalue weighted by Crippen LogP contribution is 2.24. The van der Waals surface area contributed by atoms with E-state index in [4.69, 9.17) is 10.5 Å². The van der Waals surface area contributed by atoms with Crippen LogP contribution in [0.1, 0.15) is 17.3 Å². The van der Waals surface area contributed by atoms with Gasteiger partial charge in [-0.25, -0.2) is 9.80 Å². The Labute approximate surface area is 119 Å². The maximum Gasteiger partial charge on any atom is 0.340 e. The van der Waals surface area contributed by atoms with Crippen molar-refractivity contribution in [3.05, 3.63) is 23.8 Å². The average Bonchev–Trinajstić information content (AvgIpc) is 2.44. The van der Waals surface area contributed by atoms with Gasteiger partial charge in [-0.05, 0) is 26.1 Å². The number of likely N-dealkylation sites (N-methyl/N-ethyl adjacent to an activating group) is 1. The zero-order chi connectivity index (χ0) is 14.5. The van der Waals surface area contributed by atoms with Crippen molar-refractivity contribution in [2.75, 3.05) is 51.0 Å². The summed E-state index contributed by atoms with van der Waals surface area (Å²) in [5.41, 5.74) is 10.9. The summed E-state index contributed by atoms with van der Waals surface area (Å²) in [5.74, 6) is -0.382. The first kappa shape index (κ1) is 14.6. The third-order valence-electron chi connectivity index (χ3n) is 3.38. The van der Waals surface area contributed by atoms with E-state index in [0.29, 0.717) is 17.9 Å². The molecule has 1 fully saturated rings. The van der Waals surface area contributed by atoms with Crippen LogP contribution in [0, 0.1) is 0 Å². The van der Waals surface area contributed by atoms with E-state index in [9.17, 15) is 4.79 Å². The Morgan fingerprint density at radius 1 is 1.35 bits per heavy atom. The SMILES string of the molecule is CCOC(=O)c1cccc(NN2CCN(C)CC2)c1N. The number of benzene rings is 1. The number of ether oxygens (including phenoxy) is 1. The van der Waals surface area contributed by atoms with Crippen LogP contribution in [0.15, 0.2) is 18.2 Å². The molecule has 0 radical (unpaired) electrons. The predicted molar refractivity (Wildman–Crippen MR) is 79.5 cm³/mol. The zero-order valence-corrected chi connectivity index (χ0v) is 12.1. The molecule has 110 valence electrons. The van der Waals surface area contributed by atoms with E-state index in [2.05, 4.69) is 22.4 Å². The van der Waals surface area contributed by atoms with Crippen molar-refractivity contribution in [2.45, 2.75) is 6.92 Å². The van der Waals surface area contributed by atoms with Crippen LogP contribution in [0.2, 0.25) is 0 Å². The number of para-hydroxylation sites is 1. The van der Waals surface area contributed by atoms with Crippen molar-refractivity contribution in [2.24, 2.45) is 0 Å². The van der Waals surface area contributed by atoms with Crippen molar-refractivity contribution < 1.29 is 9.53 Å². The molecule has 6 heteroatoms. The molecule has 1 aliphatic rings. The van der Waals surface area contributed by atoms with Gasteiger partial charge in [-0.2, -0.15) is 0 Å². The first-order valence-corrected chi connectivity index (χ1v) is 6.87. The normalized spacial score (nSPS) is 16.9. The van der Waals surface area contributed by atoms with Gasteiger partial charge in [0.1, 0.15) is 0 Å². The van der Waals surface area contributed by atoms with Crippen molar-refractivity contribution in [3.8, 4) is 0 Å². The van der Waals surface area contributed by atoms with E-state index in [1.165, 1.54) is 0 Å². The molecule has 6 nitrogen and oxygen atoms in total. The summed E-state index contributed by atoms with van der Waals surface area (Å²) in [7, 11) is 2.10. The van der Waals surface area contributed by atoms with Gasteiger partial charge in [-0.1, -0.05) is 6.07 Å². The molecule has 0 bridgehead atoms. The predicted octanol–water partition coefficient (Wildman–Crippen LogP) is 1.02. The number of nitrogens with zero attached hydrogens (tertiary/aromatic N) is 2. The fourth-order valence-corrected chi connectivity index (χ4v) is 2.14. The molecule has 0 aromatic heterocycles. The molecular formula is C14H22N4O2. The lowest BCUT2D eigenvalue weighted by Crippen LogP contribution is -2.47. The van der Waals surface area contributed by atoms with Crippen LogP contribution in [0.4, 0.5) is 11.4 Å². The second-order valence-electron chi connectivity index (χ2n) is 4.89. The Hall–Kier alpha value is -1.79.